The van der Waals surface area contributed by atoms with E-state index in [4.69, 9.17) is 9.47 Å². The van der Waals surface area contributed by atoms with E-state index in [1.807, 2.05) is 0 Å². The second-order valence-electron chi connectivity index (χ2n) is 7.97. The number of esters is 2. The first-order chi connectivity index (χ1) is 14.5. The summed E-state index contributed by atoms with van der Waals surface area (Å²) in [6, 6.07) is 8.60. The van der Waals surface area contributed by atoms with Gasteiger partial charge in [0.2, 0.25) is 5.91 Å². The van der Waals surface area contributed by atoms with Gasteiger partial charge in [0, 0.05) is 6.42 Å². The normalized spacial score (nSPS) is 12.1. The van der Waals surface area contributed by atoms with Crippen LogP contribution in [0.25, 0.3) is 0 Å². The van der Waals surface area contributed by atoms with E-state index in [-0.39, 0.29) is 18.4 Å². The number of ether oxygens (including phenoxy) is 2. The van der Waals surface area contributed by atoms with Crippen molar-refractivity contribution in [1.29, 1.82) is 0 Å². The number of carbonyl (C=O) groups excluding carboxylic acids is 3. The maximum absolute atomic E-state index is 13.3. The van der Waals surface area contributed by atoms with Crippen LogP contribution < -0.4 is 5.32 Å². The molecular weight excluding hydrogens is 408 g/mol. The molecule has 8 heteroatoms. The van der Waals surface area contributed by atoms with Crippen LogP contribution in [0.5, 0.6) is 0 Å². The molecule has 0 unspecified atom stereocenters. The quantitative estimate of drug-likeness (QED) is 0.678. The molecule has 0 radical (unpaired) electrons. The highest BCUT2D eigenvalue weighted by molar-refractivity contribution is 5.90. The van der Waals surface area contributed by atoms with Gasteiger partial charge in [-0.3, -0.25) is 4.79 Å². The molecule has 6 nitrogen and oxygen atoms in total. The van der Waals surface area contributed by atoms with E-state index in [0.29, 0.717) is 11.1 Å². The molecule has 1 N–H and O–H groups in total. The summed E-state index contributed by atoms with van der Waals surface area (Å²) in [6.07, 6.45) is -0.118. The van der Waals surface area contributed by atoms with E-state index in [2.05, 4.69) is 5.32 Å². The highest BCUT2D eigenvalue weighted by Gasteiger charge is 2.23. The van der Waals surface area contributed by atoms with Crippen LogP contribution in [0.15, 0.2) is 42.5 Å². The van der Waals surface area contributed by atoms with Crippen molar-refractivity contribution >= 4 is 17.8 Å². The van der Waals surface area contributed by atoms with Crippen molar-refractivity contribution in [3.05, 3.63) is 70.8 Å². The molecule has 166 valence electrons. The smallest absolute Gasteiger partial charge is 0.338 e. The van der Waals surface area contributed by atoms with Crippen LogP contribution in [-0.4, -0.2) is 36.6 Å². The van der Waals surface area contributed by atoms with Crippen molar-refractivity contribution in [2.75, 3.05) is 7.11 Å². The molecule has 0 heterocycles. The first-order valence-electron chi connectivity index (χ1n) is 9.62. The average Bonchev–Trinajstić information content (AvgIpc) is 2.69. The van der Waals surface area contributed by atoms with Crippen molar-refractivity contribution < 1.29 is 32.6 Å². The first-order valence-corrected chi connectivity index (χ1v) is 9.62. The van der Waals surface area contributed by atoms with Crippen molar-refractivity contribution in [2.45, 2.75) is 45.3 Å². The molecule has 2 aromatic carbocycles. The largest absolute Gasteiger partial charge is 0.467 e. The van der Waals surface area contributed by atoms with E-state index < -0.39 is 41.1 Å². The molecule has 31 heavy (non-hydrogen) atoms. The van der Waals surface area contributed by atoms with Gasteiger partial charge in [-0.2, -0.15) is 0 Å². The molecule has 1 atom stereocenters. The van der Waals surface area contributed by atoms with Gasteiger partial charge >= 0.3 is 11.9 Å². The summed E-state index contributed by atoms with van der Waals surface area (Å²) < 4.78 is 36.4. The minimum atomic E-state index is -1.06. The lowest BCUT2D eigenvalue weighted by Gasteiger charge is -2.20. The number of rotatable bonds is 7. The lowest BCUT2D eigenvalue weighted by molar-refractivity contribution is -0.145. The number of carbonyl (C=O) groups is 3. The minimum Gasteiger partial charge on any atom is -0.467 e. The standard InChI is InChI=1S/C23H25F2NO5/c1-23(2,3)31-21(28)16-8-5-14(6-9-16)12-19(22(29)30-4)26-20(27)13-15-7-10-17(24)18(25)11-15/h5-11,19H,12-13H2,1-4H3,(H,26,27)/t19-/m1/s1. The zero-order valence-electron chi connectivity index (χ0n) is 17.8. The van der Waals surface area contributed by atoms with Crippen molar-refractivity contribution in [2.24, 2.45) is 0 Å². The third-order valence-corrected chi connectivity index (χ3v) is 4.20. The summed E-state index contributed by atoms with van der Waals surface area (Å²) >= 11 is 0. The Morgan fingerprint density at radius 1 is 0.968 bits per heavy atom. The fraction of sp³-hybridized carbons (Fsp3) is 0.348. The zero-order chi connectivity index (χ0) is 23.2. The van der Waals surface area contributed by atoms with Crippen molar-refractivity contribution in [3.8, 4) is 0 Å². The van der Waals surface area contributed by atoms with E-state index in [0.717, 1.165) is 12.1 Å². The van der Waals surface area contributed by atoms with Crippen molar-refractivity contribution in [1.82, 2.24) is 5.32 Å². The Labute approximate surface area is 179 Å². The number of methoxy groups -OCH3 is 1. The SMILES string of the molecule is COC(=O)[C@@H](Cc1ccc(C(=O)OC(C)(C)C)cc1)NC(=O)Cc1ccc(F)c(F)c1. The Balaban J connectivity index is 2.05. The molecule has 2 rings (SSSR count). The van der Waals surface area contributed by atoms with Crippen LogP contribution in [0.4, 0.5) is 8.78 Å². The predicted octanol–water partition coefficient (Wildman–Crippen LogP) is 3.36. The molecule has 0 fully saturated rings. The molecule has 2 aromatic rings. The molecular formula is C23H25F2NO5. The monoisotopic (exact) mass is 433 g/mol. The average molecular weight is 433 g/mol. The fourth-order valence-electron chi connectivity index (χ4n) is 2.77. The summed E-state index contributed by atoms with van der Waals surface area (Å²) in [6.45, 7) is 5.30. The highest BCUT2D eigenvalue weighted by Crippen LogP contribution is 2.14. The number of nitrogens with one attached hydrogen (secondary N) is 1. The Morgan fingerprint density at radius 2 is 1.58 bits per heavy atom. The Bertz CT molecular complexity index is 951. The van der Waals surface area contributed by atoms with Gasteiger partial charge in [-0.25, -0.2) is 18.4 Å². The zero-order valence-corrected chi connectivity index (χ0v) is 17.8. The molecule has 0 aliphatic heterocycles. The summed E-state index contributed by atoms with van der Waals surface area (Å²) in [5.74, 6) is -3.74. The van der Waals surface area contributed by atoms with Crippen LogP contribution in [0.3, 0.4) is 0 Å². The summed E-state index contributed by atoms with van der Waals surface area (Å²) in [7, 11) is 1.20. The lowest BCUT2D eigenvalue weighted by atomic mass is 10.0. The maximum atomic E-state index is 13.3. The molecule has 0 spiro atoms. The number of hydrogen-bond donors (Lipinski definition) is 1. The summed E-state index contributed by atoms with van der Waals surface area (Å²) in [5.41, 5.74) is 0.678. The topological polar surface area (TPSA) is 81.7 Å². The van der Waals surface area contributed by atoms with E-state index in [9.17, 15) is 23.2 Å². The third-order valence-electron chi connectivity index (χ3n) is 4.20. The molecule has 0 aromatic heterocycles. The molecule has 0 bridgehead atoms. The van der Waals surface area contributed by atoms with E-state index >= 15 is 0 Å². The maximum Gasteiger partial charge on any atom is 0.338 e. The van der Waals surface area contributed by atoms with Gasteiger partial charge in [0.25, 0.3) is 0 Å². The first kappa shape index (κ1) is 24.0. The van der Waals surface area contributed by atoms with Gasteiger partial charge in [-0.05, 0) is 56.2 Å². The van der Waals surface area contributed by atoms with Crippen LogP contribution >= 0.6 is 0 Å². The molecule has 0 aliphatic carbocycles. The van der Waals surface area contributed by atoms with E-state index in [1.54, 1.807) is 45.0 Å². The molecule has 0 aliphatic rings. The lowest BCUT2D eigenvalue weighted by Crippen LogP contribution is -2.43. The van der Waals surface area contributed by atoms with Crippen LogP contribution in [0.1, 0.15) is 42.3 Å². The molecule has 0 saturated carbocycles. The number of hydrogen-bond acceptors (Lipinski definition) is 5. The van der Waals surface area contributed by atoms with Gasteiger partial charge in [-0.1, -0.05) is 18.2 Å². The fourth-order valence-corrected chi connectivity index (χ4v) is 2.77. The van der Waals surface area contributed by atoms with Crippen LogP contribution in [0, 0.1) is 11.6 Å². The van der Waals surface area contributed by atoms with Gasteiger partial charge in [0.05, 0.1) is 19.1 Å². The van der Waals surface area contributed by atoms with Gasteiger partial charge in [0.1, 0.15) is 11.6 Å². The van der Waals surface area contributed by atoms with Crippen LogP contribution in [0.2, 0.25) is 0 Å². The second kappa shape index (κ2) is 10.1. The highest BCUT2D eigenvalue weighted by atomic mass is 19.2. The van der Waals surface area contributed by atoms with Gasteiger partial charge in [0.15, 0.2) is 11.6 Å². The number of amides is 1. The van der Waals surface area contributed by atoms with E-state index in [1.165, 1.54) is 13.2 Å². The predicted molar refractivity (Wildman–Crippen MR) is 109 cm³/mol. The molecule has 0 saturated heterocycles. The molecule has 1 amide bonds. The van der Waals surface area contributed by atoms with Crippen molar-refractivity contribution in [3.63, 3.8) is 0 Å². The summed E-state index contributed by atoms with van der Waals surface area (Å²) in [4.78, 5) is 36.5. The minimum absolute atomic E-state index is 0.116. The van der Waals surface area contributed by atoms with Crippen LogP contribution in [-0.2, 0) is 31.9 Å². The Morgan fingerprint density at radius 3 is 2.13 bits per heavy atom. The van der Waals surface area contributed by atoms with Gasteiger partial charge in [-0.15, -0.1) is 0 Å². The second-order valence-corrected chi connectivity index (χ2v) is 7.97. The number of benzene rings is 2. The third kappa shape index (κ3) is 7.47. The Kier molecular flexibility index (Phi) is 7.85. The van der Waals surface area contributed by atoms with Gasteiger partial charge < -0.3 is 14.8 Å². The Hall–Kier alpha value is -3.29. The summed E-state index contributed by atoms with van der Waals surface area (Å²) in [5, 5.41) is 2.55. The number of halogens is 2.